The molecule has 0 unspecified atom stereocenters. The summed E-state index contributed by atoms with van der Waals surface area (Å²) >= 11 is 3.39. The van der Waals surface area contributed by atoms with Gasteiger partial charge in [-0.3, -0.25) is 4.90 Å². The first-order valence-electron chi connectivity index (χ1n) is 6.37. The van der Waals surface area contributed by atoms with Gasteiger partial charge in [0.1, 0.15) is 4.60 Å². The highest BCUT2D eigenvalue weighted by molar-refractivity contribution is 9.10. The molecule has 1 atom stereocenters. The van der Waals surface area contributed by atoms with Crippen LogP contribution < -0.4 is 5.32 Å². The number of pyridine rings is 1. The fourth-order valence-electron chi connectivity index (χ4n) is 2.37. The van der Waals surface area contributed by atoms with Gasteiger partial charge in [0.05, 0.1) is 0 Å². The van der Waals surface area contributed by atoms with E-state index in [2.05, 4.69) is 50.7 Å². The van der Waals surface area contributed by atoms with Crippen molar-refractivity contribution >= 4 is 40.7 Å². The molecule has 2 heterocycles. The molecule has 3 nitrogen and oxygen atoms in total. The van der Waals surface area contributed by atoms with E-state index in [1.807, 2.05) is 12.3 Å². The highest BCUT2D eigenvalue weighted by Gasteiger charge is 2.22. The molecule has 114 valence electrons. The van der Waals surface area contributed by atoms with Crippen LogP contribution in [0.3, 0.4) is 0 Å². The van der Waals surface area contributed by atoms with Crippen LogP contribution in [0.25, 0.3) is 0 Å². The summed E-state index contributed by atoms with van der Waals surface area (Å²) in [4.78, 5) is 6.87. The van der Waals surface area contributed by atoms with E-state index in [9.17, 15) is 0 Å². The maximum absolute atomic E-state index is 4.35. The Morgan fingerprint density at radius 1 is 1.40 bits per heavy atom. The van der Waals surface area contributed by atoms with Crippen LogP contribution >= 0.6 is 40.7 Å². The first-order chi connectivity index (χ1) is 8.66. The molecule has 0 saturated carbocycles. The lowest BCUT2D eigenvalue weighted by Crippen LogP contribution is -2.45. The van der Waals surface area contributed by atoms with E-state index in [0.717, 1.165) is 37.2 Å². The van der Waals surface area contributed by atoms with Gasteiger partial charge in [-0.15, -0.1) is 31.4 Å². The predicted octanol–water partition coefficient (Wildman–Crippen LogP) is 3.60. The van der Waals surface area contributed by atoms with Crippen molar-refractivity contribution in [1.82, 2.24) is 15.2 Å². The molecule has 1 saturated heterocycles. The second-order valence-electron chi connectivity index (χ2n) is 4.88. The number of nitrogens with one attached hydrogen (secondary N) is 1. The normalized spacial score (nSPS) is 16.7. The van der Waals surface area contributed by atoms with Crippen molar-refractivity contribution in [3.8, 4) is 0 Å². The highest BCUT2D eigenvalue weighted by atomic mass is 79.9. The van der Waals surface area contributed by atoms with Gasteiger partial charge in [-0.2, -0.15) is 0 Å². The van der Waals surface area contributed by atoms with E-state index in [0.29, 0.717) is 6.04 Å². The summed E-state index contributed by atoms with van der Waals surface area (Å²) in [6.07, 6.45) is 2.98. The molecule has 0 bridgehead atoms. The van der Waals surface area contributed by atoms with Crippen LogP contribution in [0.4, 0.5) is 0 Å². The Labute approximate surface area is 142 Å². The third-order valence-electron chi connectivity index (χ3n) is 3.27. The minimum absolute atomic E-state index is 0. The summed E-state index contributed by atoms with van der Waals surface area (Å²) in [5.74, 6) is 0. The van der Waals surface area contributed by atoms with Gasteiger partial charge in [0.15, 0.2) is 0 Å². The number of piperazine rings is 1. The monoisotopic (exact) mass is 381 g/mol. The number of hydrogen-bond donors (Lipinski definition) is 1. The molecule has 1 aliphatic heterocycles. The van der Waals surface area contributed by atoms with Crippen molar-refractivity contribution in [3.63, 3.8) is 0 Å². The SMILES string of the molecule is C=C(C)C[C@@H](c1ccc(Br)nc1)N1CCNCC1.Cl.Cl. The Morgan fingerprint density at radius 3 is 2.55 bits per heavy atom. The lowest BCUT2D eigenvalue weighted by molar-refractivity contribution is 0.172. The van der Waals surface area contributed by atoms with Gasteiger partial charge in [-0.1, -0.05) is 11.6 Å². The van der Waals surface area contributed by atoms with Crippen molar-refractivity contribution in [1.29, 1.82) is 0 Å². The summed E-state index contributed by atoms with van der Waals surface area (Å²) in [6.45, 7) is 10.5. The van der Waals surface area contributed by atoms with Gasteiger partial charge in [0, 0.05) is 38.4 Å². The Morgan fingerprint density at radius 2 is 2.05 bits per heavy atom. The van der Waals surface area contributed by atoms with Crippen LogP contribution in [0.5, 0.6) is 0 Å². The van der Waals surface area contributed by atoms with E-state index >= 15 is 0 Å². The highest BCUT2D eigenvalue weighted by Crippen LogP contribution is 2.27. The largest absolute Gasteiger partial charge is 0.314 e. The molecule has 0 aliphatic carbocycles. The molecule has 0 aromatic carbocycles. The zero-order valence-corrected chi connectivity index (χ0v) is 14.9. The minimum Gasteiger partial charge on any atom is -0.314 e. The van der Waals surface area contributed by atoms with Crippen molar-refractivity contribution in [2.75, 3.05) is 26.2 Å². The molecule has 0 radical (unpaired) electrons. The van der Waals surface area contributed by atoms with Crippen LogP contribution in [0.2, 0.25) is 0 Å². The first-order valence-corrected chi connectivity index (χ1v) is 7.16. The van der Waals surface area contributed by atoms with Gasteiger partial charge < -0.3 is 5.32 Å². The van der Waals surface area contributed by atoms with Gasteiger partial charge in [-0.25, -0.2) is 4.98 Å². The third-order valence-corrected chi connectivity index (χ3v) is 3.74. The molecule has 1 aromatic rings. The lowest BCUT2D eigenvalue weighted by atomic mass is 9.99. The number of aromatic nitrogens is 1. The van der Waals surface area contributed by atoms with Crippen LogP contribution in [-0.2, 0) is 0 Å². The average molecular weight is 383 g/mol. The van der Waals surface area contributed by atoms with Crippen molar-refractivity contribution in [2.45, 2.75) is 19.4 Å². The molecule has 0 amide bonds. The van der Waals surface area contributed by atoms with Crippen LogP contribution in [0.1, 0.15) is 24.9 Å². The average Bonchev–Trinajstić information content (AvgIpc) is 2.38. The number of hydrogen-bond acceptors (Lipinski definition) is 3. The summed E-state index contributed by atoms with van der Waals surface area (Å²) < 4.78 is 0.889. The molecular formula is C14H22BrCl2N3. The zero-order valence-electron chi connectivity index (χ0n) is 11.6. The fraction of sp³-hybridized carbons (Fsp3) is 0.500. The topological polar surface area (TPSA) is 28.2 Å². The van der Waals surface area contributed by atoms with Crippen molar-refractivity contribution in [3.05, 3.63) is 40.6 Å². The standard InChI is InChI=1S/C14H20BrN3.2ClH/c1-11(2)9-13(18-7-5-16-6-8-18)12-3-4-14(15)17-10-12;;/h3-4,10,13,16H,1,5-9H2,2H3;2*1H/t13-;;/m0../s1. The van der Waals surface area contributed by atoms with Crippen molar-refractivity contribution in [2.24, 2.45) is 0 Å². The predicted molar refractivity (Wildman–Crippen MR) is 93.0 cm³/mol. The van der Waals surface area contributed by atoms with E-state index in [-0.39, 0.29) is 24.8 Å². The molecule has 0 spiro atoms. The zero-order chi connectivity index (χ0) is 13.0. The molecule has 6 heteroatoms. The van der Waals surface area contributed by atoms with E-state index in [4.69, 9.17) is 0 Å². The number of rotatable bonds is 4. The van der Waals surface area contributed by atoms with Crippen LogP contribution in [0.15, 0.2) is 35.1 Å². The summed E-state index contributed by atoms with van der Waals surface area (Å²) in [5, 5.41) is 3.40. The van der Waals surface area contributed by atoms with Crippen LogP contribution in [-0.4, -0.2) is 36.1 Å². The fourth-order valence-corrected chi connectivity index (χ4v) is 2.60. The van der Waals surface area contributed by atoms with E-state index < -0.39 is 0 Å². The molecule has 1 N–H and O–H groups in total. The van der Waals surface area contributed by atoms with Crippen molar-refractivity contribution < 1.29 is 0 Å². The second-order valence-corrected chi connectivity index (χ2v) is 5.69. The Hall–Kier alpha value is -0.130. The molecule has 1 aromatic heterocycles. The Kier molecular flexibility index (Phi) is 9.68. The molecule has 20 heavy (non-hydrogen) atoms. The van der Waals surface area contributed by atoms with Gasteiger partial charge in [-0.05, 0) is 40.9 Å². The smallest absolute Gasteiger partial charge is 0.106 e. The third kappa shape index (κ3) is 5.70. The molecule has 2 rings (SSSR count). The first kappa shape index (κ1) is 19.9. The molecule has 1 aliphatic rings. The maximum Gasteiger partial charge on any atom is 0.106 e. The molecular weight excluding hydrogens is 361 g/mol. The van der Waals surface area contributed by atoms with Gasteiger partial charge >= 0.3 is 0 Å². The van der Waals surface area contributed by atoms with E-state index in [1.54, 1.807) is 0 Å². The Balaban J connectivity index is 0.00000180. The lowest BCUT2D eigenvalue weighted by Gasteiger charge is -2.35. The molecule has 1 fully saturated rings. The van der Waals surface area contributed by atoms with Gasteiger partial charge in [0.25, 0.3) is 0 Å². The quantitative estimate of drug-likeness (QED) is 0.636. The van der Waals surface area contributed by atoms with E-state index in [1.165, 1.54) is 11.1 Å². The minimum atomic E-state index is 0. The summed E-state index contributed by atoms with van der Waals surface area (Å²) in [6, 6.07) is 4.58. The van der Waals surface area contributed by atoms with Gasteiger partial charge in [0.2, 0.25) is 0 Å². The summed E-state index contributed by atoms with van der Waals surface area (Å²) in [7, 11) is 0. The van der Waals surface area contributed by atoms with Crippen LogP contribution in [0, 0.1) is 0 Å². The number of halogens is 3. The maximum atomic E-state index is 4.35. The Bertz CT molecular complexity index is 405. The summed E-state index contributed by atoms with van der Waals surface area (Å²) in [5.41, 5.74) is 2.50. The number of nitrogens with zero attached hydrogens (tertiary/aromatic N) is 2. The second kappa shape index (κ2) is 9.74.